The zero-order chi connectivity index (χ0) is 103. The first kappa shape index (κ1) is 66.7. The highest BCUT2D eigenvalue weighted by atomic mass is 15.2. The quantitative estimate of drug-likeness (QED) is 0.127. The van der Waals surface area contributed by atoms with Crippen molar-refractivity contribution < 1.29 is 21.9 Å². The summed E-state index contributed by atoms with van der Waals surface area (Å²) in [6.07, 6.45) is 0. The maximum Gasteiger partial charge on any atom is 0.252 e. The molecule has 8 heterocycles. The predicted molar refractivity (Wildman–Crippen MR) is 543 cm³/mol. The minimum atomic E-state index is -0.745. The second-order valence-corrected chi connectivity index (χ2v) is 42.9. The summed E-state index contributed by atoms with van der Waals surface area (Å²) in [5.74, 6) is 0. The van der Waals surface area contributed by atoms with Crippen LogP contribution >= 0.6 is 0 Å². The van der Waals surface area contributed by atoms with Crippen LogP contribution in [0.5, 0.6) is 0 Å². The van der Waals surface area contributed by atoms with Gasteiger partial charge in [0.15, 0.2) is 0 Å². The lowest BCUT2D eigenvalue weighted by Crippen LogP contribution is -2.61. The maximum absolute atomic E-state index is 10.5. The highest BCUT2D eigenvalue weighted by Gasteiger charge is 2.47. The number of rotatable bonds is 10. The van der Waals surface area contributed by atoms with Crippen LogP contribution in [0.4, 0.5) is 34.1 Å². The van der Waals surface area contributed by atoms with Crippen LogP contribution in [0.1, 0.15) is 234 Å². The Hall–Kier alpha value is -12.7. The number of hydrogen-bond acceptors (Lipinski definition) is 6. The molecule has 634 valence electrons. The monoisotopic (exact) mass is 1680 g/mol. The second kappa shape index (κ2) is 30.0. The first-order valence-corrected chi connectivity index (χ1v) is 44.3. The molecule has 0 atom stereocenters. The van der Waals surface area contributed by atoms with Gasteiger partial charge >= 0.3 is 0 Å². The van der Waals surface area contributed by atoms with E-state index < -0.39 is 147 Å². The third-order valence-corrected chi connectivity index (χ3v) is 25.2. The van der Waals surface area contributed by atoms with Crippen LogP contribution in [0.3, 0.4) is 0 Å². The van der Waals surface area contributed by atoms with Gasteiger partial charge in [-0.3, -0.25) is 19.9 Å². The van der Waals surface area contributed by atoms with Gasteiger partial charge in [0.1, 0.15) is 0 Å². The maximum atomic E-state index is 10.5. The van der Waals surface area contributed by atoms with Gasteiger partial charge in [0, 0.05) is 161 Å². The third-order valence-electron chi connectivity index (χ3n) is 25.2. The van der Waals surface area contributed by atoms with Crippen molar-refractivity contribution in [1.82, 2.24) is 29.1 Å². The van der Waals surface area contributed by atoms with Crippen molar-refractivity contribution >= 4 is 101 Å². The molecule has 17 aromatic rings. The molecule has 8 nitrogen and oxygen atoms in total. The van der Waals surface area contributed by atoms with Gasteiger partial charge in [0.05, 0.1) is 61.1 Å². The van der Waals surface area contributed by atoms with E-state index in [1.807, 2.05) is 30.3 Å². The van der Waals surface area contributed by atoms with E-state index in [4.69, 9.17) is 25.4 Å². The van der Waals surface area contributed by atoms with Crippen molar-refractivity contribution in [2.75, 3.05) is 9.80 Å². The Morgan fingerprint density at radius 1 is 0.236 bits per heavy atom. The molecule has 19 rings (SSSR count). The molecule has 6 aromatic heterocycles. The molecule has 0 saturated carbocycles. The molecular weight excluding hydrogens is 1540 g/mol. The van der Waals surface area contributed by atoms with Gasteiger partial charge in [0.2, 0.25) is 0 Å². The van der Waals surface area contributed by atoms with E-state index in [-0.39, 0.29) is 49.3 Å². The Labute approximate surface area is 775 Å². The minimum absolute atomic E-state index is 0.0223. The van der Waals surface area contributed by atoms with Crippen molar-refractivity contribution in [3.05, 3.63) is 330 Å². The Morgan fingerprint density at radius 3 is 0.780 bits per heavy atom. The fraction of sp³-hybridized carbons (Fsp3) is 0.271. The molecule has 0 spiro atoms. The fourth-order valence-electron chi connectivity index (χ4n) is 18.1. The van der Waals surface area contributed by atoms with Gasteiger partial charge in [-0.05, 0) is 170 Å². The zero-order valence-corrected chi connectivity index (χ0v) is 77.6. The van der Waals surface area contributed by atoms with E-state index in [0.29, 0.717) is 39.6 Å². The van der Waals surface area contributed by atoms with Crippen molar-refractivity contribution in [1.29, 1.82) is 0 Å². The lowest BCUT2D eigenvalue weighted by atomic mass is 9.33. The molecule has 0 amide bonds. The van der Waals surface area contributed by atoms with Gasteiger partial charge in [0.25, 0.3) is 6.71 Å². The summed E-state index contributed by atoms with van der Waals surface area (Å²) in [5, 5.41) is -0.302. The van der Waals surface area contributed by atoms with Gasteiger partial charge in [-0.1, -0.05) is 342 Å². The highest BCUT2D eigenvalue weighted by Crippen LogP contribution is 2.56. The number of benzene rings is 11. The molecule has 0 fully saturated rings. The molecule has 9 heteroatoms. The SMILES string of the molecule is [2H]c1c([2H])c([2H])c2c(c1[2H])c1c([2H])c([2H])c([2H])c([2H])c1n2-c1ccc(-c2ccc3c(c2)N(c2c(-c4cc(C(C)(C)C)nc(C(C)(C)C)c4)cccc2-c2cc(C(C)(C)C)nc(C(C)(C)C)c2)c2cc(-n4c5c([2H])c([2H])c([2H])c([2H])c5c5c([2H])c([2H])c([2H])c([2H])c54)cc4c2B3c2ccc(-c3ccccc3)cc2N4c2c(-c3cc(C(C)(C)C)nc(C(C)(C)C)c3)cccc2-c2cc(C(C)(C)C)nc(C(C)(C)C)c2)cc1. The lowest BCUT2D eigenvalue weighted by Gasteiger charge is -2.46. The van der Waals surface area contributed by atoms with Crippen LogP contribution in [0.25, 0.3) is 122 Å². The number of aromatic nitrogens is 6. The molecule has 0 bridgehead atoms. The molecule has 0 radical (unpaired) electrons. The summed E-state index contributed by atoms with van der Waals surface area (Å²) in [6, 6.07) is 57.7. The van der Waals surface area contributed by atoms with Crippen LogP contribution in [0, 0.1) is 0 Å². The van der Waals surface area contributed by atoms with Crippen LogP contribution in [0.15, 0.2) is 285 Å². The molecular formula is C118H119BN8. The summed E-state index contributed by atoms with van der Waals surface area (Å²) in [5.41, 5.74) is 19.6. The zero-order valence-electron chi connectivity index (χ0n) is 93.6. The molecule has 0 aliphatic carbocycles. The summed E-state index contributed by atoms with van der Waals surface area (Å²) in [6.45, 7) is 51.6. The normalized spacial score (nSPS) is 15.2. The Bertz CT molecular complexity index is 7820. The van der Waals surface area contributed by atoms with Crippen LogP contribution < -0.4 is 26.2 Å². The molecule has 0 unspecified atom stereocenters. The van der Waals surface area contributed by atoms with Gasteiger partial charge in [-0.15, -0.1) is 0 Å². The summed E-state index contributed by atoms with van der Waals surface area (Å²) in [4.78, 5) is 27.1. The molecule has 2 aliphatic heterocycles. The predicted octanol–water partition coefficient (Wildman–Crippen LogP) is 29.9. The van der Waals surface area contributed by atoms with Gasteiger partial charge in [-0.2, -0.15) is 0 Å². The topological polar surface area (TPSA) is 67.9 Å². The summed E-state index contributed by atoms with van der Waals surface area (Å²) < 4.78 is 157. The van der Waals surface area contributed by atoms with E-state index in [2.05, 4.69) is 322 Å². The largest absolute Gasteiger partial charge is 0.310 e. The van der Waals surface area contributed by atoms with E-state index in [0.717, 1.165) is 129 Å². The average Bonchev–Trinajstić information content (AvgIpc) is 1.42. The molecule has 0 N–H and O–H groups in total. The molecule has 2 aliphatic rings. The third kappa shape index (κ3) is 14.9. The summed E-state index contributed by atoms with van der Waals surface area (Å²) >= 11 is 0. The van der Waals surface area contributed by atoms with E-state index in [1.165, 1.54) is 4.57 Å². The number of fused-ring (bicyclic) bond motifs is 10. The first-order chi connectivity index (χ1) is 66.7. The van der Waals surface area contributed by atoms with Crippen LogP contribution in [-0.2, 0) is 43.3 Å². The lowest BCUT2D eigenvalue weighted by molar-refractivity contribution is 0.531. The minimum Gasteiger partial charge on any atom is -0.310 e. The van der Waals surface area contributed by atoms with Crippen molar-refractivity contribution in [3.63, 3.8) is 0 Å². The number of anilines is 6. The van der Waals surface area contributed by atoms with Gasteiger partial charge in [-0.25, -0.2) is 0 Å². The number of hydrogen-bond donors (Lipinski definition) is 0. The first-order valence-electron chi connectivity index (χ1n) is 52.3. The van der Waals surface area contributed by atoms with Gasteiger partial charge < -0.3 is 18.9 Å². The Morgan fingerprint density at radius 2 is 0.496 bits per heavy atom. The van der Waals surface area contributed by atoms with Crippen molar-refractivity contribution in [3.8, 4) is 78.1 Å². The highest BCUT2D eigenvalue weighted by molar-refractivity contribution is 7.00. The smallest absolute Gasteiger partial charge is 0.252 e. The number of nitrogens with zero attached hydrogens (tertiary/aromatic N) is 8. The molecule has 11 aromatic carbocycles. The van der Waals surface area contributed by atoms with E-state index >= 15 is 0 Å². The number of pyridine rings is 4. The molecule has 127 heavy (non-hydrogen) atoms. The average molecular weight is 1680 g/mol. The Kier molecular flexibility index (Phi) is 15.7. The number of para-hydroxylation sites is 6. The fourth-order valence-corrected chi connectivity index (χ4v) is 18.1. The summed E-state index contributed by atoms with van der Waals surface area (Å²) in [7, 11) is 0. The van der Waals surface area contributed by atoms with E-state index in [1.54, 1.807) is 16.7 Å². The molecule has 0 saturated heterocycles. The standard InChI is InChI=1S/C118H119BN8/c1-111(2,3)100-62-76(63-101(120-100)112(4,5)6)82-44-36-45-83(77-64-102(113(7,8)9)121-103(65-77)114(10,11)12)109(82)126-96-60-74(72-38-26-25-27-39-72)54-58-90(96)119-91-59-55-75(73-52-56-80(57-53-73)124-92-48-32-28-40-86(92)87-41-29-33-49-93(87)124)61-97(91)127(99-71-81(70-98(126)108(99)119)125-94-50-34-30-42-88(94)89-43-31-35-51-95(89)125)110-84(78-66-104(115(13,14)15)122-105(67-78)116(16,17)18)46-37-47-85(110)79-68-106(117(19,20)21)123-107(69-79)118(22,23)24/h25-71H,1-24H3/i28D,29D,30D,31D,32D,33D,34D,35D,40D,41D,42D,43D,48D,49D,50D,51D. The van der Waals surface area contributed by atoms with Crippen LogP contribution in [0.2, 0.25) is 0 Å². The Balaban J connectivity index is 1.06. The van der Waals surface area contributed by atoms with Crippen LogP contribution in [-0.4, -0.2) is 35.8 Å². The second-order valence-electron chi connectivity index (χ2n) is 42.9. The van der Waals surface area contributed by atoms with Crippen molar-refractivity contribution in [2.45, 2.75) is 209 Å². The van der Waals surface area contributed by atoms with Crippen molar-refractivity contribution in [2.24, 2.45) is 0 Å². The van der Waals surface area contributed by atoms with E-state index in [9.17, 15) is 16.4 Å².